The van der Waals surface area contributed by atoms with Crippen LogP contribution in [0.4, 0.5) is 11.4 Å². The number of nitrogens with one attached hydrogen (secondary N) is 1. The molecule has 0 fully saturated rings. The zero-order valence-electron chi connectivity index (χ0n) is 11.0. The smallest absolute Gasteiger partial charge is 0.262 e. The molecule has 0 atom stereocenters. The van der Waals surface area contributed by atoms with Gasteiger partial charge in [-0.15, -0.1) is 0 Å². The number of nitrogens with two attached hydrogens (primary N) is 1. The van der Waals surface area contributed by atoms with Crippen molar-refractivity contribution >= 4 is 28.9 Å². The van der Waals surface area contributed by atoms with Crippen LogP contribution < -0.4 is 15.8 Å². The number of benzene rings is 2. The van der Waals surface area contributed by atoms with Crippen LogP contribution in [0.2, 0.25) is 5.02 Å². The van der Waals surface area contributed by atoms with Crippen LogP contribution in [-0.4, -0.2) is 12.5 Å². The second kappa shape index (κ2) is 6.30. The van der Waals surface area contributed by atoms with Crippen LogP contribution >= 0.6 is 11.6 Å². The topological polar surface area (TPSA) is 64.3 Å². The van der Waals surface area contributed by atoms with Crippen LogP contribution in [0.1, 0.15) is 5.56 Å². The first-order valence-corrected chi connectivity index (χ1v) is 6.47. The fourth-order valence-electron chi connectivity index (χ4n) is 1.65. The predicted molar refractivity (Wildman–Crippen MR) is 81.2 cm³/mol. The summed E-state index contributed by atoms with van der Waals surface area (Å²) in [6.45, 7) is 1.82. The van der Waals surface area contributed by atoms with Gasteiger partial charge in [-0.1, -0.05) is 17.7 Å². The molecule has 5 heteroatoms. The van der Waals surface area contributed by atoms with Crippen LogP contribution in [0.25, 0.3) is 0 Å². The van der Waals surface area contributed by atoms with E-state index in [4.69, 9.17) is 22.1 Å². The second-order valence-electron chi connectivity index (χ2n) is 4.37. The Morgan fingerprint density at radius 1 is 1.25 bits per heavy atom. The highest BCUT2D eigenvalue weighted by molar-refractivity contribution is 6.30. The van der Waals surface area contributed by atoms with E-state index in [0.717, 1.165) is 5.56 Å². The first-order valence-electron chi connectivity index (χ1n) is 6.09. The molecule has 1 amide bonds. The summed E-state index contributed by atoms with van der Waals surface area (Å²) in [6.07, 6.45) is 0. The fourth-order valence-corrected chi connectivity index (χ4v) is 1.77. The van der Waals surface area contributed by atoms with E-state index in [-0.39, 0.29) is 12.5 Å². The largest absolute Gasteiger partial charge is 0.483 e. The van der Waals surface area contributed by atoms with E-state index in [2.05, 4.69) is 5.32 Å². The summed E-state index contributed by atoms with van der Waals surface area (Å²) < 4.78 is 5.46. The Morgan fingerprint density at radius 2 is 1.95 bits per heavy atom. The number of nitrogen functional groups attached to an aromatic ring is 1. The number of hydrogen-bond acceptors (Lipinski definition) is 3. The molecule has 0 saturated heterocycles. The third-order valence-electron chi connectivity index (χ3n) is 2.70. The van der Waals surface area contributed by atoms with Gasteiger partial charge in [0.25, 0.3) is 5.91 Å². The van der Waals surface area contributed by atoms with Gasteiger partial charge in [-0.25, -0.2) is 0 Å². The van der Waals surface area contributed by atoms with Crippen molar-refractivity contribution in [3.63, 3.8) is 0 Å². The molecule has 0 aliphatic carbocycles. The molecule has 0 aliphatic heterocycles. The molecule has 0 radical (unpaired) electrons. The number of hydrogen-bond donors (Lipinski definition) is 2. The number of carbonyl (C=O) groups is 1. The number of anilines is 2. The van der Waals surface area contributed by atoms with Crippen molar-refractivity contribution in [1.82, 2.24) is 0 Å². The quantitative estimate of drug-likeness (QED) is 0.850. The van der Waals surface area contributed by atoms with E-state index in [9.17, 15) is 4.79 Å². The van der Waals surface area contributed by atoms with Gasteiger partial charge in [0.1, 0.15) is 5.75 Å². The minimum Gasteiger partial charge on any atom is -0.483 e. The molecule has 0 aromatic heterocycles. The molecule has 0 aliphatic rings. The first-order chi connectivity index (χ1) is 9.54. The van der Waals surface area contributed by atoms with Crippen molar-refractivity contribution < 1.29 is 9.53 Å². The number of aryl methyl sites for hydroxylation is 1. The van der Waals surface area contributed by atoms with Gasteiger partial charge in [0, 0.05) is 22.5 Å². The van der Waals surface area contributed by atoms with Crippen LogP contribution in [0, 0.1) is 6.92 Å². The lowest BCUT2D eigenvalue weighted by Gasteiger charge is -2.10. The van der Waals surface area contributed by atoms with Gasteiger partial charge in [-0.3, -0.25) is 4.79 Å². The van der Waals surface area contributed by atoms with Gasteiger partial charge < -0.3 is 15.8 Å². The lowest BCUT2D eigenvalue weighted by atomic mass is 10.2. The van der Waals surface area contributed by atoms with Crippen LogP contribution in [0.3, 0.4) is 0 Å². The molecular formula is C15H15ClN2O2. The number of ether oxygens (including phenoxy) is 1. The van der Waals surface area contributed by atoms with E-state index in [0.29, 0.717) is 22.1 Å². The van der Waals surface area contributed by atoms with Gasteiger partial charge >= 0.3 is 0 Å². The van der Waals surface area contributed by atoms with Crippen LogP contribution in [0.5, 0.6) is 5.75 Å². The summed E-state index contributed by atoms with van der Waals surface area (Å²) in [6, 6.07) is 12.2. The van der Waals surface area contributed by atoms with E-state index >= 15 is 0 Å². The summed E-state index contributed by atoms with van der Waals surface area (Å²) in [4.78, 5) is 11.8. The van der Waals surface area contributed by atoms with Gasteiger partial charge in [0.2, 0.25) is 0 Å². The van der Waals surface area contributed by atoms with E-state index in [1.807, 2.05) is 13.0 Å². The monoisotopic (exact) mass is 290 g/mol. The maximum absolute atomic E-state index is 11.8. The molecule has 2 aromatic carbocycles. The Morgan fingerprint density at radius 3 is 2.65 bits per heavy atom. The Kier molecular flexibility index (Phi) is 4.48. The Bertz CT molecular complexity index is 612. The summed E-state index contributed by atoms with van der Waals surface area (Å²) in [7, 11) is 0. The molecule has 0 spiro atoms. The molecule has 0 saturated carbocycles. The maximum atomic E-state index is 11.8. The van der Waals surface area contributed by atoms with Crippen LogP contribution in [0.15, 0.2) is 42.5 Å². The van der Waals surface area contributed by atoms with Gasteiger partial charge in [0.05, 0.1) is 0 Å². The van der Waals surface area contributed by atoms with Crippen molar-refractivity contribution in [3.8, 4) is 5.75 Å². The number of amides is 1. The molecule has 0 bridgehead atoms. The minimum absolute atomic E-state index is 0.0765. The normalized spacial score (nSPS) is 10.1. The average Bonchev–Trinajstić information content (AvgIpc) is 2.42. The molecule has 2 rings (SSSR count). The van der Waals surface area contributed by atoms with Gasteiger partial charge in [-0.05, 0) is 42.8 Å². The first kappa shape index (κ1) is 14.2. The highest BCUT2D eigenvalue weighted by Crippen LogP contribution is 2.20. The zero-order valence-corrected chi connectivity index (χ0v) is 11.8. The zero-order chi connectivity index (χ0) is 14.5. The molecule has 2 aromatic rings. The van der Waals surface area contributed by atoms with Crippen molar-refractivity contribution in [3.05, 3.63) is 53.1 Å². The maximum Gasteiger partial charge on any atom is 0.262 e. The van der Waals surface area contributed by atoms with Crippen molar-refractivity contribution in [2.75, 3.05) is 17.7 Å². The molecule has 0 heterocycles. The second-order valence-corrected chi connectivity index (χ2v) is 4.81. The summed E-state index contributed by atoms with van der Waals surface area (Å²) in [5.74, 6) is 0.366. The number of carbonyl (C=O) groups excluding carboxylic acids is 1. The van der Waals surface area contributed by atoms with Crippen molar-refractivity contribution in [2.24, 2.45) is 0 Å². The molecule has 20 heavy (non-hydrogen) atoms. The van der Waals surface area contributed by atoms with Gasteiger partial charge in [0.15, 0.2) is 6.61 Å². The van der Waals surface area contributed by atoms with Crippen LogP contribution in [-0.2, 0) is 4.79 Å². The molecule has 0 unspecified atom stereocenters. The van der Waals surface area contributed by atoms with Crippen molar-refractivity contribution in [1.29, 1.82) is 0 Å². The lowest BCUT2D eigenvalue weighted by Crippen LogP contribution is -2.20. The Balaban J connectivity index is 1.92. The van der Waals surface area contributed by atoms with E-state index < -0.39 is 0 Å². The molecule has 3 N–H and O–H groups in total. The standard InChI is InChI=1S/C15H15ClN2O2/c1-10-2-5-12(17)8-14(10)20-9-15(19)18-13-6-3-11(16)4-7-13/h2-8H,9,17H2,1H3,(H,18,19). The molecule has 4 nitrogen and oxygen atoms in total. The predicted octanol–water partition coefficient (Wildman–Crippen LogP) is 3.25. The Hall–Kier alpha value is -2.20. The average molecular weight is 291 g/mol. The number of halogens is 1. The highest BCUT2D eigenvalue weighted by Gasteiger charge is 2.06. The molecule has 104 valence electrons. The van der Waals surface area contributed by atoms with Gasteiger partial charge in [-0.2, -0.15) is 0 Å². The van der Waals surface area contributed by atoms with Crippen molar-refractivity contribution in [2.45, 2.75) is 6.92 Å². The lowest BCUT2D eigenvalue weighted by molar-refractivity contribution is -0.118. The number of rotatable bonds is 4. The SMILES string of the molecule is Cc1ccc(N)cc1OCC(=O)Nc1ccc(Cl)cc1. The highest BCUT2D eigenvalue weighted by atomic mass is 35.5. The third kappa shape index (κ3) is 3.90. The summed E-state index contributed by atoms with van der Waals surface area (Å²) >= 11 is 5.77. The Labute approximate surface area is 122 Å². The summed E-state index contributed by atoms with van der Waals surface area (Å²) in [5, 5.41) is 3.34. The van der Waals surface area contributed by atoms with E-state index in [1.165, 1.54) is 0 Å². The van der Waals surface area contributed by atoms with E-state index in [1.54, 1.807) is 36.4 Å². The summed E-state index contributed by atoms with van der Waals surface area (Å²) in [5.41, 5.74) is 7.88. The minimum atomic E-state index is -0.242. The fraction of sp³-hybridized carbons (Fsp3) is 0.133. The third-order valence-corrected chi connectivity index (χ3v) is 2.95. The molecular weight excluding hydrogens is 276 g/mol.